The number of hydrogen-bond donors (Lipinski definition) is 0. The molecule has 1 unspecified atom stereocenters. The van der Waals surface area contributed by atoms with Crippen molar-refractivity contribution in [2.45, 2.75) is 26.3 Å². The molecule has 2 aliphatic rings. The third-order valence-electron chi connectivity index (χ3n) is 4.78. The first-order chi connectivity index (χ1) is 12.7. The molecule has 4 rings (SSSR count). The Hall–Kier alpha value is -2.18. The van der Waals surface area contributed by atoms with Crippen LogP contribution in [0, 0.1) is 5.92 Å². The molecule has 0 radical (unpaired) electrons. The second-order valence-electron chi connectivity index (χ2n) is 7.13. The van der Waals surface area contributed by atoms with E-state index >= 15 is 0 Å². The SMILES string of the molecule is CC(C)C1COC(/C=C2\C\C2=C/P(c2ccccc2)c2ccccc2)=N1. The van der Waals surface area contributed by atoms with E-state index in [9.17, 15) is 0 Å². The summed E-state index contributed by atoms with van der Waals surface area (Å²) in [4.78, 5) is 4.69. The van der Waals surface area contributed by atoms with Crippen LogP contribution >= 0.6 is 7.92 Å². The molecular weight excluding hydrogens is 337 g/mol. The van der Waals surface area contributed by atoms with Crippen molar-refractivity contribution in [2.24, 2.45) is 10.9 Å². The molecule has 1 aliphatic carbocycles. The molecule has 1 heterocycles. The highest BCUT2D eigenvalue weighted by Gasteiger charge is 2.27. The van der Waals surface area contributed by atoms with Gasteiger partial charge in [-0.15, -0.1) is 0 Å². The van der Waals surface area contributed by atoms with Crippen molar-refractivity contribution in [2.75, 3.05) is 6.61 Å². The van der Waals surface area contributed by atoms with Gasteiger partial charge in [-0.25, -0.2) is 4.99 Å². The second kappa shape index (κ2) is 7.60. The number of nitrogens with zero attached hydrogens (tertiary/aromatic N) is 1. The summed E-state index contributed by atoms with van der Waals surface area (Å²) in [6, 6.07) is 21.9. The van der Waals surface area contributed by atoms with Crippen molar-refractivity contribution in [3.8, 4) is 0 Å². The Balaban J connectivity index is 1.58. The Morgan fingerprint density at radius 1 is 0.962 bits per heavy atom. The van der Waals surface area contributed by atoms with Crippen molar-refractivity contribution in [1.82, 2.24) is 0 Å². The third kappa shape index (κ3) is 3.97. The Morgan fingerprint density at radius 3 is 2.12 bits per heavy atom. The zero-order valence-corrected chi connectivity index (χ0v) is 16.2. The van der Waals surface area contributed by atoms with Crippen LogP contribution in [0.2, 0.25) is 0 Å². The zero-order valence-electron chi connectivity index (χ0n) is 15.3. The molecule has 1 atom stereocenters. The van der Waals surface area contributed by atoms with E-state index in [0.717, 1.165) is 18.9 Å². The summed E-state index contributed by atoms with van der Waals surface area (Å²) in [5.41, 5.74) is 2.80. The van der Waals surface area contributed by atoms with Gasteiger partial charge in [0.25, 0.3) is 0 Å². The first-order valence-electron chi connectivity index (χ1n) is 9.22. The molecule has 1 saturated carbocycles. The van der Waals surface area contributed by atoms with Crippen LogP contribution in [-0.4, -0.2) is 18.5 Å². The molecular formula is C23H24NOP. The van der Waals surface area contributed by atoms with Crippen LogP contribution in [0.4, 0.5) is 0 Å². The zero-order chi connectivity index (χ0) is 17.9. The Morgan fingerprint density at radius 2 is 1.58 bits per heavy atom. The van der Waals surface area contributed by atoms with Crippen molar-refractivity contribution < 1.29 is 4.74 Å². The fourth-order valence-electron chi connectivity index (χ4n) is 3.04. The highest BCUT2D eigenvalue weighted by atomic mass is 31.1. The van der Waals surface area contributed by atoms with Gasteiger partial charge in [-0.2, -0.15) is 0 Å². The Kier molecular flexibility index (Phi) is 5.04. The van der Waals surface area contributed by atoms with E-state index in [1.54, 1.807) is 0 Å². The quantitative estimate of drug-likeness (QED) is 0.702. The maximum atomic E-state index is 5.75. The Labute approximate surface area is 157 Å². The minimum absolute atomic E-state index is 0.304. The van der Waals surface area contributed by atoms with Gasteiger partial charge in [0.2, 0.25) is 5.90 Å². The average Bonchev–Trinajstić information content (AvgIpc) is 3.21. The molecule has 0 amide bonds. The lowest BCUT2D eigenvalue weighted by molar-refractivity contribution is 0.292. The summed E-state index contributed by atoms with van der Waals surface area (Å²) in [7, 11) is -0.475. The van der Waals surface area contributed by atoms with Crippen LogP contribution in [0.15, 0.2) is 88.7 Å². The molecule has 0 spiro atoms. The summed E-state index contributed by atoms with van der Waals surface area (Å²) in [6.45, 7) is 5.11. The molecule has 0 bridgehead atoms. The van der Waals surface area contributed by atoms with Gasteiger partial charge >= 0.3 is 0 Å². The third-order valence-corrected chi connectivity index (χ3v) is 7.06. The van der Waals surface area contributed by atoms with E-state index in [1.165, 1.54) is 21.8 Å². The molecule has 2 aromatic carbocycles. The highest BCUT2D eigenvalue weighted by molar-refractivity contribution is 7.75. The second-order valence-corrected chi connectivity index (χ2v) is 9.16. The summed E-state index contributed by atoms with van der Waals surface area (Å²) < 4.78 is 5.75. The number of hydrogen-bond acceptors (Lipinski definition) is 2. The molecule has 132 valence electrons. The number of aliphatic imine (C=N–C) groups is 1. The topological polar surface area (TPSA) is 21.6 Å². The van der Waals surface area contributed by atoms with Gasteiger partial charge in [0.05, 0.1) is 6.04 Å². The Bertz CT molecular complexity index is 813. The van der Waals surface area contributed by atoms with Gasteiger partial charge in [0.15, 0.2) is 0 Å². The maximum absolute atomic E-state index is 5.75. The molecule has 2 nitrogen and oxygen atoms in total. The van der Waals surface area contributed by atoms with E-state index in [4.69, 9.17) is 9.73 Å². The van der Waals surface area contributed by atoms with Gasteiger partial charge in [-0.05, 0) is 47.8 Å². The average molecular weight is 361 g/mol. The lowest BCUT2D eigenvalue weighted by atomic mass is 10.1. The summed E-state index contributed by atoms with van der Waals surface area (Å²) in [5, 5.41) is 2.78. The summed E-state index contributed by atoms with van der Waals surface area (Å²) in [5.74, 6) is 3.80. The van der Waals surface area contributed by atoms with Crippen LogP contribution in [0.5, 0.6) is 0 Å². The number of allylic oxidation sites excluding steroid dienone is 2. The van der Waals surface area contributed by atoms with Gasteiger partial charge in [0.1, 0.15) is 6.61 Å². The van der Waals surface area contributed by atoms with Crippen LogP contribution in [-0.2, 0) is 4.74 Å². The molecule has 1 aliphatic heterocycles. The van der Waals surface area contributed by atoms with Gasteiger partial charge < -0.3 is 4.74 Å². The highest BCUT2D eigenvalue weighted by Crippen LogP contribution is 2.46. The van der Waals surface area contributed by atoms with Gasteiger partial charge in [-0.3, -0.25) is 0 Å². The van der Waals surface area contributed by atoms with Crippen LogP contribution in [0.1, 0.15) is 20.3 Å². The number of rotatable bonds is 5. The van der Waals surface area contributed by atoms with Crippen molar-refractivity contribution >= 4 is 24.4 Å². The van der Waals surface area contributed by atoms with Gasteiger partial charge in [0, 0.05) is 6.08 Å². The molecule has 0 saturated heterocycles. The van der Waals surface area contributed by atoms with E-state index in [-0.39, 0.29) is 0 Å². The lowest BCUT2D eigenvalue weighted by Crippen LogP contribution is -2.13. The largest absolute Gasteiger partial charge is 0.476 e. The van der Waals surface area contributed by atoms with Crippen LogP contribution in [0.3, 0.4) is 0 Å². The smallest absolute Gasteiger partial charge is 0.209 e. The van der Waals surface area contributed by atoms with Crippen molar-refractivity contribution in [1.29, 1.82) is 0 Å². The first-order valence-corrected chi connectivity index (χ1v) is 10.6. The molecule has 0 aromatic heterocycles. The molecule has 0 N–H and O–H groups in total. The molecule has 3 heteroatoms. The van der Waals surface area contributed by atoms with E-state index in [1.807, 2.05) is 0 Å². The van der Waals surface area contributed by atoms with Crippen molar-refractivity contribution in [3.05, 3.63) is 83.7 Å². The number of ether oxygens (including phenoxy) is 1. The number of benzene rings is 2. The van der Waals surface area contributed by atoms with E-state index < -0.39 is 7.92 Å². The van der Waals surface area contributed by atoms with Crippen LogP contribution in [0.25, 0.3) is 0 Å². The van der Waals surface area contributed by atoms with E-state index in [0.29, 0.717) is 12.0 Å². The van der Waals surface area contributed by atoms with Crippen LogP contribution < -0.4 is 10.6 Å². The van der Waals surface area contributed by atoms with E-state index in [2.05, 4.69) is 86.4 Å². The minimum atomic E-state index is -0.475. The fraction of sp³-hybridized carbons (Fsp3) is 0.261. The molecule has 2 aromatic rings. The predicted molar refractivity (Wildman–Crippen MR) is 112 cm³/mol. The lowest BCUT2D eigenvalue weighted by Gasteiger charge is -2.14. The molecule has 1 fully saturated rings. The standard InChI is InChI=1S/C23H24NOP/c1-17(2)22-15-25-23(24-22)14-18-13-19(18)16-26(20-9-5-3-6-10-20)21-11-7-4-8-12-21/h3-12,14,16-17,22H,13,15H2,1-2H3/b18-14+,19-16+. The summed E-state index contributed by atoms with van der Waals surface area (Å²) in [6.07, 6.45) is 3.19. The minimum Gasteiger partial charge on any atom is -0.476 e. The predicted octanol–water partition coefficient (Wildman–Crippen LogP) is 4.79. The monoisotopic (exact) mass is 361 g/mol. The first kappa shape index (κ1) is 17.2. The van der Waals surface area contributed by atoms with Gasteiger partial charge in [-0.1, -0.05) is 74.5 Å². The van der Waals surface area contributed by atoms with Crippen molar-refractivity contribution in [3.63, 3.8) is 0 Å². The molecule has 26 heavy (non-hydrogen) atoms. The maximum Gasteiger partial charge on any atom is 0.209 e. The fourth-order valence-corrected chi connectivity index (χ4v) is 5.19. The summed E-state index contributed by atoms with van der Waals surface area (Å²) >= 11 is 0. The normalized spacial score (nSPS) is 22.2.